The molecule has 0 aromatic heterocycles. The predicted molar refractivity (Wildman–Crippen MR) is 83.6 cm³/mol. The summed E-state index contributed by atoms with van der Waals surface area (Å²) in [5, 5.41) is 7.08. The van der Waals surface area contributed by atoms with E-state index in [1.54, 1.807) is 5.57 Å². The predicted octanol–water partition coefficient (Wildman–Crippen LogP) is 4.91. The second kappa shape index (κ2) is 8.39. The lowest BCUT2D eigenvalue weighted by Crippen LogP contribution is -2.16. The van der Waals surface area contributed by atoms with E-state index in [0.29, 0.717) is 0 Å². The highest BCUT2D eigenvalue weighted by molar-refractivity contribution is 5.99. The normalized spacial score (nSPS) is 29.4. The standard InChI is InChI=1S/C17H30N2/c1-19-15-11-7-6-10-14-17(18-19)16-12-8-4-2-3-5-9-13-16/h12H,2-11,13-15H2,1H3/b16-12+,18-17+. The largest absolute Gasteiger partial charge is 0.300 e. The van der Waals surface area contributed by atoms with Crippen molar-refractivity contribution in [3.05, 3.63) is 11.6 Å². The van der Waals surface area contributed by atoms with Crippen LogP contribution in [0, 0.1) is 0 Å². The van der Waals surface area contributed by atoms with Gasteiger partial charge in [-0.25, -0.2) is 0 Å². The van der Waals surface area contributed by atoms with Gasteiger partial charge in [-0.15, -0.1) is 0 Å². The van der Waals surface area contributed by atoms with Gasteiger partial charge in [0.05, 0.1) is 5.71 Å². The van der Waals surface area contributed by atoms with Crippen LogP contribution < -0.4 is 0 Å². The summed E-state index contributed by atoms with van der Waals surface area (Å²) < 4.78 is 0. The van der Waals surface area contributed by atoms with E-state index < -0.39 is 0 Å². The lowest BCUT2D eigenvalue weighted by Gasteiger charge is -2.16. The van der Waals surface area contributed by atoms with E-state index >= 15 is 0 Å². The molecular formula is C17H30N2. The molecule has 108 valence electrons. The molecule has 1 heterocycles. The highest BCUT2D eigenvalue weighted by Gasteiger charge is 2.11. The number of nitrogens with zero attached hydrogens (tertiary/aromatic N) is 2. The monoisotopic (exact) mass is 262 g/mol. The van der Waals surface area contributed by atoms with Crippen LogP contribution in [0.15, 0.2) is 16.8 Å². The van der Waals surface area contributed by atoms with E-state index in [1.807, 2.05) is 0 Å². The van der Waals surface area contributed by atoms with Crippen LogP contribution in [0.5, 0.6) is 0 Å². The van der Waals surface area contributed by atoms with Crippen LogP contribution in [-0.4, -0.2) is 24.3 Å². The smallest absolute Gasteiger partial charge is 0.0634 e. The van der Waals surface area contributed by atoms with Crippen LogP contribution in [0.4, 0.5) is 0 Å². The average Bonchev–Trinajstić information content (AvgIpc) is 2.60. The van der Waals surface area contributed by atoms with Crippen LogP contribution in [0.3, 0.4) is 0 Å². The molecule has 2 heteroatoms. The maximum absolute atomic E-state index is 4.90. The van der Waals surface area contributed by atoms with Crippen molar-refractivity contribution in [2.24, 2.45) is 5.10 Å². The molecule has 0 saturated heterocycles. The van der Waals surface area contributed by atoms with Crippen LogP contribution in [0.25, 0.3) is 0 Å². The molecule has 0 atom stereocenters. The SMILES string of the molecule is CN1CCCCCCC(/C2=C/CCCCCCC2)=N\1. The van der Waals surface area contributed by atoms with Gasteiger partial charge in [-0.05, 0) is 50.5 Å². The fourth-order valence-corrected chi connectivity index (χ4v) is 3.15. The van der Waals surface area contributed by atoms with Crippen molar-refractivity contribution in [2.45, 2.75) is 77.0 Å². The molecule has 0 aromatic carbocycles. The molecule has 0 spiro atoms. The molecule has 0 unspecified atom stereocenters. The first-order chi connectivity index (χ1) is 9.36. The van der Waals surface area contributed by atoms with Gasteiger partial charge in [0.25, 0.3) is 0 Å². The van der Waals surface area contributed by atoms with Gasteiger partial charge in [0, 0.05) is 13.6 Å². The first-order valence-electron chi connectivity index (χ1n) is 8.34. The minimum atomic E-state index is 1.12. The van der Waals surface area contributed by atoms with Gasteiger partial charge >= 0.3 is 0 Å². The van der Waals surface area contributed by atoms with Crippen LogP contribution in [-0.2, 0) is 0 Å². The Morgan fingerprint density at radius 1 is 0.842 bits per heavy atom. The van der Waals surface area contributed by atoms with Gasteiger partial charge in [0.2, 0.25) is 0 Å². The molecule has 0 aromatic rings. The fourth-order valence-electron chi connectivity index (χ4n) is 3.15. The van der Waals surface area contributed by atoms with Gasteiger partial charge in [0.15, 0.2) is 0 Å². The summed E-state index contributed by atoms with van der Waals surface area (Å²) >= 11 is 0. The number of hydrazone groups is 1. The molecule has 2 nitrogen and oxygen atoms in total. The molecule has 2 aliphatic rings. The zero-order valence-corrected chi connectivity index (χ0v) is 12.7. The highest BCUT2D eigenvalue weighted by atomic mass is 15.4. The molecule has 0 bridgehead atoms. The fraction of sp³-hybridized carbons (Fsp3) is 0.824. The third kappa shape index (κ3) is 5.38. The van der Waals surface area contributed by atoms with Crippen molar-refractivity contribution >= 4 is 5.71 Å². The Balaban J connectivity index is 2.06. The minimum Gasteiger partial charge on any atom is -0.300 e. The molecule has 0 N–H and O–H groups in total. The molecule has 19 heavy (non-hydrogen) atoms. The highest BCUT2D eigenvalue weighted by Crippen LogP contribution is 2.21. The topological polar surface area (TPSA) is 15.6 Å². The Bertz CT molecular complexity index is 317. The third-order valence-corrected chi connectivity index (χ3v) is 4.35. The van der Waals surface area contributed by atoms with Gasteiger partial charge < -0.3 is 0 Å². The van der Waals surface area contributed by atoms with Gasteiger partial charge in [-0.3, -0.25) is 5.01 Å². The van der Waals surface area contributed by atoms with Gasteiger partial charge in [-0.1, -0.05) is 38.2 Å². The summed E-state index contributed by atoms with van der Waals surface area (Å²) in [6.07, 6.45) is 18.5. The van der Waals surface area contributed by atoms with Crippen LogP contribution >= 0.6 is 0 Å². The number of allylic oxidation sites excluding steroid dienone is 2. The van der Waals surface area contributed by atoms with Crippen LogP contribution in [0.2, 0.25) is 0 Å². The Hall–Kier alpha value is -0.790. The van der Waals surface area contributed by atoms with Crippen molar-refractivity contribution in [3.8, 4) is 0 Å². The Morgan fingerprint density at radius 3 is 2.42 bits per heavy atom. The summed E-state index contributed by atoms with van der Waals surface area (Å²) in [6, 6.07) is 0. The van der Waals surface area contributed by atoms with Gasteiger partial charge in [0.1, 0.15) is 0 Å². The van der Waals surface area contributed by atoms with Gasteiger partial charge in [-0.2, -0.15) is 5.10 Å². The van der Waals surface area contributed by atoms with E-state index in [4.69, 9.17) is 5.10 Å². The molecule has 0 saturated carbocycles. The van der Waals surface area contributed by atoms with E-state index in [-0.39, 0.29) is 0 Å². The van der Waals surface area contributed by atoms with E-state index in [1.165, 1.54) is 82.8 Å². The first-order valence-corrected chi connectivity index (χ1v) is 8.34. The van der Waals surface area contributed by atoms with Crippen molar-refractivity contribution in [3.63, 3.8) is 0 Å². The second-order valence-electron chi connectivity index (χ2n) is 6.13. The minimum absolute atomic E-state index is 1.12. The van der Waals surface area contributed by atoms with Crippen molar-refractivity contribution in [1.29, 1.82) is 0 Å². The molecular weight excluding hydrogens is 232 g/mol. The summed E-state index contributed by atoms with van der Waals surface area (Å²) in [4.78, 5) is 0. The Morgan fingerprint density at radius 2 is 1.53 bits per heavy atom. The first kappa shape index (κ1) is 14.6. The van der Waals surface area contributed by atoms with E-state index in [9.17, 15) is 0 Å². The average molecular weight is 262 g/mol. The molecule has 1 aliphatic heterocycles. The zero-order valence-electron chi connectivity index (χ0n) is 12.7. The number of hydrogen-bond acceptors (Lipinski definition) is 2. The van der Waals surface area contributed by atoms with E-state index in [0.717, 1.165) is 6.54 Å². The summed E-state index contributed by atoms with van der Waals surface area (Å²) in [7, 11) is 2.14. The maximum atomic E-state index is 4.90. The molecule has 2 rings (SSSR count). The Labute approximate surface area is 119 Å². The summed E-state index contributed by atoms with van der Waals surface area (Å²) in [5.74, 6) is 0. The second-order valence-corrected chi connectivity index (χ2v) is 6.13. The Kier molecular flexibility index (Phi) is 6.46. The maximum Gasteiger partial charge on any atom is 0.0634 e. The molecule has 0 amide bonds. The summed E-state index contributed by atoms with van der Waals surface area (Å²) in [6.45, 7) is 1.12. The lowest BCUT2D eigenvalue weighted by atomic mass is 9.98. The van der Waals surface area contributed by atoms with Crippen molar-refractivity contribution in [2.75, 3.05) is 13.6 Å². The van der Waals surface area contributed by atoms with Crippen molar-refractivity contribution in [1.82, 2.24) is 5.01 Å². The quantitative estimate of drug-likeness (QED) is 0.655. The molecule has 0 fully saturated rings. The number of rotatable bonds is 1. The molecule has 0 radical (unpaired) electrons. The van der Waals surface area contributed by atoms with Crippen LogP contribution in [0.1, 0.15) is 77.0 Å². The van der Waals surface area contributed by atoms with Crippen molar-refractivity contribution < 1.29 is 0 Å². The summed E-state index contributed by atoms with van der Waals surface area (Å²) in [5.41, 5.74) is 2.96. The zero-order chi connectivity index (χ0) is 13.3. The molecule has 1 aliphatic carbocycles. The number of hydrogen-bond donors (Lipinski definition) is 0. The lowest BCUT2D eigenvalue weighted by molar-refractivity contribution is 0.345. The third-order valence-electron chi connectivity index (χ3n) is 4.35. The van der Waals surface area contributed by atoms with E-state index in [2.05, 4.69) is 18.1 Å².